The molecule has 0 aliphatic carbocycles. The van der Waals surface area contributed by atoms with Crippen molar-refractivity contribution in [2.24, 2.45) is 7.05 Å². The number of hydrogen-bond donors (Lipinski definition) is 2. The Hall–Kier alpha value is -2.22. The van der Waals surface area contributed by atoms with Crippen LogP contribution in [0.15, 0.2) is 4.79 Å². The summed E-state index contributed by atoms with van der Waals surface area (Å²) >= 11 is 0. The van der Waals surface area contributed by atoms with Gasteiger partial charge in [0.15, 0.2) is 6.10 Å². The Kier molecular flexibility index (Phi) is 4.98. The molecule has 0 saturated heterocycles. The van der Waals surface area contributed by atoms with Crippen LogP contribution in [0.4, 0.5) is 0 Å². The molecule has 0 aliphatic heterocycles. The second-order valence-corrected chi connectivity index (χ2v) is 4.26. The molecule has 1 aromatic heterocycles. The number of aromatic nitrogens is 2. The van der Waals surface area contributed by atoms with E-state index in [4.69, 9.17) is 0 Å². The zero-order valence-corrected chi connectivity index (χ0v) is 11.8. The standard InChI is InChI=1S/C12H17N3O5/c1-6-7(2)14-15(3)11(18)9(6)10(17)13-5-8(16)12(19)20-4/h8,16H,5H2,1-4H3,(H,13,17). The zero-order valence-electron chi connectivity index (χ0n) is 11.8. The molecule has 0 aliphatic rings. The maximum absolute atomic E-state index is 12.0. The Morgan fingerprint density at radius 2 is 2.05 bits per heavy atom. The number of carbonyl (C=O) groups excluding carboxylic acids is 2. The van der Waals surface area contributed by atoms with Crippen LogP contribution in [0.2, 0.25) is 0 Å². The molecule has 0 aromatic carbocycles. The summed E-state index contributed by atoms with van der Waals surface area (Å²) in [5.41, 5.74) is 0.402. The van der Waals surface area contributed by atoms with Gasteiger partial charge < -0.3 is 15.2 Å². The molecule has 20 heavy (non-hydrogen) atoms. The number of nitrogens with zero attached hydrogens (tertiary/aromatic N) is 2. The van der Waals surface area contributed by atoms with E-state index in [0.717, 1.165) is 11.8 Å². The van der Waals surface area contributed by atoms with E-state index in [9.17, 15) is 19.5 Å². The lowest BCUT2D eigenvalue weighted by Crippen LogP contribution is -2.40. The Bertz CT molecular complexity index is 593. The van der Waals surface area contributed by atoms with E-state index in [1.54, 1.807) is 13.8 Å². The SMILES string of the molecule is COC(=O)C(O)CNC(=O)c1c(C)c(C)nn(C)c1=O. The molecule has 0 spiro atoms. The molecule has 8 heteroatoms. The predicted octanol–water partition coefficient (Wildman–Crippen LogP) is -1.34. The lowest BCUT2D eigenvalue weighted by Gasteiger charge is -2.12. The molecule has 0 saturated carbocycles. The third-order valence-corrected chi connectivity index (χ3v) is 2.88. The quantitative estimate of drug-likeness (QED) is 0.662. The average molecular weight is 283 g/mol. The Balaban J connectivity index is 2.94. The van der Waals surface area contributed by atoms with Crippen LogP contribution in [0.1, 0.15) is 21.6 Å². The van der Waals surface area contributed by atoms with Gasteiger partial charge in [-0.25, -0.2) is 9.48 Å². The molecule has 1 unspecified atom stereocenters. The van der Waals surface area contributed by atoms with Gasteiger partial charge in [0.05, 0.1) is 19.3 Å². The van der Waals surface area contributed by atoms with Crippen molar-refractivity contribution in [2.75, 3.05) is 13.7 Å². The first-order valence-corrected chi connectivity index (χ1v) is 5.88. The average Bonchev–Trinajstić information content (AvgIpc) is 2.41. The van der Waals surface area contributed by atoms with E-state index in [2.05, 4.69) is 15.2 Å². The van der Waals surface area contributed by atoms with Crippen LogP contribution < -0.4 is 10.9 Å². The number of nitrogens with one attached hydrogen (secondary N) is 1. The van der Waals surface area contributed by atoms with Crippen molar-refractivity contribution in [2.45, 2.75) is 20.0 Å². The number of hydrogen-bond acceptors (Lipinski definition) is 6. The number of rotatable bonds is 4. The molecule has 0 radical (unpaired) electrons. The highest BCUT2D eigenvalue weighted by molar-refractivity contribution is 5.95. The van der Waals surface area contributed by atoms with Crippen molar-refractivity contribution in [3.63, 3.8) is 0 Å². The highest BCUT2D eigenvalue weighted by Gasteiger charge is 2.21. The smallest absolute Gasteiger partial charge is 0.336 e. The summed E-state index contributed by atoms with van der Waals surface area (Å²) in [7, 11) is 2.56. The van der Waals surface area contributed by atoms with E-state index >= 15 is 0 Å². The highest BCUT2D eigenvalue weighted by Crippen LogP contribution is 2.05. The Labute approximate surface area is 115 Å². The largest absolute Gasteiger partial charge is 0.467 e. The number of aliphatic hydroxyl groups is 1. The van der Waals surface area contributed by atoms with Gasteiger partial charge in [0.2, 0.25) is 0 Å². The number of methoxy groups -OCH3 is 1. The number of carbonyl (C=O) groups is 2. The van der Waals surface area contributed by atoms with Gasteiger partial charge in [-0.2, -0.15) is 5.10 Å². The van der Waals surface area contributed by atoms with E-state index in [-0.39, 0.29) is 12.1 Å². The molecule has 110 valence electrons. The Morgan fingerprint density at radius 3 is 2.60 bits per heavy atom. The molecule has 2 N–H and O–H groups in total. The maximum Gasteiger partial charge on any atom is 0.336 e. The van der Waals surface area contributed by atoms with Crippen molar-refractivity contribution in [3.8, 4) is 0 Å². The van der Waals surface area contributed by atoms with Gasteiger partial charge in [-0.15, -0.1) is 0 Å². The number of aryl methyl sites for hydroxylation is 2. The monoisotopic (exact) mass is 283 g/mol. The fraction of sp³-hybridized carbons (Fsp3) is 0.500. The zero-order chi connectivity index (χ0) is 15.4. The van der Waals surface area contributed by atoms with Crippen molar-refractivity contribution in [3.05, 3.63) is 27.2 Å². The molecule has 1 amide bonds. The Morgan fingerprint density at radius 1 is 1.45 bits per heavy atom. The van der Waals surface area contributed by atoms with E-state index in [1.807, 2.05) is 0 Å². The predicted molar refractivity (Wildman–Crippen MR) is 69.3 cm³/mol. The van der Waals surface area contributed by atoms with Gasteiger partial charge in [0, 0.05) is 7.05 Å². The van der Waals surface area contributed by atoms with Gasteiger partial charge in [0.1, 0.15) is 5.56 Å². The van der Waals surface area contributed by atoms with Crippen LogP contribution >= 0.6 is 0 Å². The molecular weight excluding hydrogens is 266 g/mol. The second kappa shape index (κ2) is 6.29. The van der Waals surface area contributed by atoms with Gasteiger partial charge in [-0.3, -0.25) is 9.59 Å². The summed E-state index contributed by atoms with van der Waals surface area (Å²) in [5.74, 6) is -1.53. The first-order chi connectivity index (χ1) is 9.29. The first kappa shape index (κ1) is 15.8. The summed E-state index contributed by atoms with van der Waals surface area (Å²) < 4.78 is 5.38. The first-order valence-electron chi connectivity index (χ1n) is 5.88. The van der Waals surface area contributed by atoms with Crippen molar-refractivity contribution in [1.29, 1.82) is 0 Å². The van der Waals surface area contributed by atoms with Gasteiger partial charge >= 0.3 is 5.97 Å². The van der Waals surface area contributed by atoms with Crippen LogP contribution in [-0.2, 0) is 16.6 Å². The third kappa shape index (κ3) is 3.21. The fourth-order valence-corrected chi connectivity index (χ4v) is 1.61. The molecule has 1 atom stereocenters. The number of aliphatic hydroxyl groups excluding tert-OH is 1. The van der Waals surface area contributed by atoms with E-state index in [0.29, 0.717) is 11.3 Å². The summed E-state index contributed by atoms with van der Waals surface area (Å²) in [4.78, 5) is 34.9. The van der Waals surface area contributed by atoms with E-state index < -0.39 is 23.5 Å². The lowest BCUT2D eigenvalue weighted by atomic mass is 10.1. The van der Waals surface area contributed by atoms with Crippen LogP contribution in [0.25, 0.3) is 0 Å². The normalized spacial score (nSPS) is 11.8. The van der Waals surface area contributed by atoms with Crippen molar-refractivity contribution in [1.82, 2.24) is 15.1 Å². The molecule has 1 rings (SSSR count). The van der Waals surface area contributed by atoms with Crippen molar-refractivity contribution >= 4 is 11.9 Å². The van der Waals surface area contributed by atoms with Gasteiger partial charge in [0.25, 0.3) is 11.5 Å². The molecule has 8 nitrogen and oxygen atoms in total. The van der Waals surface area contributed by atoms with Gasteiger partial charge in [-0.05, 0) is 19.4 Å². The van der Waals surface area contributed by atoms with Crippen LogP contribution in [-0.4, -0.2) is 46.5 Å². The summed E-state index contributed by atoms with van der Waals surface area (Å²) in [5, 5.41) is 15.6. The molecular formula is C12H17N3O5. The van der Waals surface area contributed by atoms with E-state index in [1.165, 1.54) is 7.05 Å². The topological polar surface area (TPSA) is 111 Å². The highest BCUT2D eigenvalue weighted by atomic mass is 16.5. The minimum absolute atomic E-state index is 0.0583. The molecule has 1 aromatic rings. The third-order valence-electron chi connectivity index (χ3n) is 2.88. The second-order valence-electron chi connectivity index (χ2n) is 4.26. The molecule has 0 bridgehead atoms. The van der Waals surface area contributed by atoms with Gasteiger partial charge in [-0.1, -0.05) is 0 Å². The van der Waals surface area contributed by atoms with Crippen LogP contribution in [0.5, 0.6) is 0 Å². The summed E-state index contributed by atoms with van der Waals surface area (Å²) in [6, 6.07) is 0. The fourth-order valence-electron chi connectivity index (χ4n) is 1.61. The minimum Gasteiger partial charge on any atom is -0.467 e. The van der Waals surface area contributed by atoms with Crippen molar-refractivity contribution < 1.29 is 19.4 Å². The van der Waals surface area contributed by atoms with Crippen LogP contribution in [0, 0.1) is 13.8 Å². The lowest BCUT2D eigenvalue weighted by molar-refractivity contribution is -0.149. The summed E-state index contributed by atoms with van der Waals surface area (Å²) in [6.07, 6.45) is -1.48. The van der Waals surface area contributed by atoms with Crippen LogP contribution in [0.3, 0.4) is 0 Å². The number of ether oxygens (including phenoxy) is 1. The number of amides is 1. The summed E-state index contributed by atoms with van der Waals surface area (Å²) in [6.45, 7) is 2.94. The maximum atomic E-state index is 12.0. The minimum atomic E-state index is -1.48. The number of esters is 1. The molecule has 1 heterocycles. The molecule has 0 fully saturated rings.